The van der Waals surface area contributed by atoms with Gasteiger partial charge in [0.25, 0.3) is 0 Å². The molecule has 0 aliphatic heterocycles. The van der Waals surface area contributed by atoms with E-state index in [1.807, 2.05) is 32.9 Å². The molecule has 2 aromatic rings. The molecule has 1 atom stereocenters. The molecule has 0 saturated carbocycles. The van der Waals surface area contributed by atoms with E-state index in [0.717, 1.165) is 22.8 Å². The van der Waals surface area contributed by atoms with Gasteiger partial charge >= 0.3 is 0 Å². The first-order chi connectivity index (χ1) is 8.06. The number of anilines is 1. The average molecular weight is 231 g/mol. The van der Waals surface area contributed by atoms with Gasteiger partial charge in [-0.1, -0.05) is 0 Å². The minimum Gasteiger partial charge on any atom is -0.466 e. The van der Waals surface area contributed by atoms with E-state index in [4.69, 9.17) is 4.42 Å². The topological polar surface area (TPSA) is 51.0 Å². The van der Waals surface area contributed by atoms with Gasteiger partial charge in [-0.25, -0.2) is 9.97 Å². The van der Waals surface area contributed by atoms with Crippen molar-refractivity contribution in [3.05, 3.63) is 41.1 Å². The number of furan rings is 1. The molecule has 0 bridgehead atoms. The highest BCUT2D eigenvalue weighted by Gasteiger charge is 2.13. The summed E-state index contributed by atoms with van der Waals surface area (Å²) in [5.41, 5.74) is 2.10. The Morgan fingerprint density at radius 2 is 2.06 bits per heavy atom. The molecule has 0 spiro atoms. The van der Waals surface area contributed by atoms with E-state index in [2.05, 4.69) is 22.2 Å². The Morgan fingerprint density at radius 3 is 2.65 bits per heavy atom. The van der Waals surface area contributed by atoms with Gasteiger partial charge in [-0.2, -0.15) is 0 Å². The maximum Gasteiger partial charge on any atom is 0.223 e. The fourth-order valence-corrected chi connectivity index (χ4v) is 1.87. The lowest BCUT2D eigenvalue weighted by molar-refractivity contribution is 0.499. The highest BCUT2D eigenvalue weighted by Crippen LogP contribution is 2.23. The maximum atomic E-state index is 5.52. The number of aromatic nitrogens is 2. The van der Waals surface area contributed by atoms with Crippen molar-refractivity contribution in [3.63, 3.8) is 0 Å². The summed E-state index contributed by atoms with van der Waals surface area (Å²) in [6, 6.07) is 4.06. The first-order valence-corrected chi connectivity index (χ1v) is 5.69. The van der Waals surface area contributed by atoms with E-state index in [1.54, 1.807) is 6.20 Å². The molecule has 2 heterocycles. The molecule has 0 aliphatic carbocycles. The summed E-state index contributed by atoms with van der Waals surface area (Å²) < 4.78 is 5.52. The van der Waals surface area contributed by atoms with Gasteiger partial charge in [-0.15, -0.1) is 0 Å². The summed E-state index contributed by atoms with van der Waals surface area (Å²) in [5.74, 6) is 2.52. The first-order valence-electron chi connectivity index (χ1n) is 5.69. The number of nitrogens with zero attached hydrogens (tertiary/aromatic N) is 2. The van der Waals surface area contributed by atoms with Crippen LogP contribution in [-0.4, -0.2) is 9.97 Å². The minimum atomic E-state index is 0.134. The van der Waals surface area contributed by atoms with Gasteiger partial charge < -0.3 is 9.73 Å². The van der Waals surface area contributed by atoms with Crippen LogP contribution in [0.3, 0.4) is 0 Å². The van der Waals surface area contributed by atoms with Crippen molar-refractivity contribution in [2.75, 3.05) is 5.32 Å². The summed E-state index contributed by atoms with van der Waals surface area (Å²) in [5, 5.41) is 3.27. The summed E-state index contributed by atoms with van der Waals surface area (Å²) in [6.07, 6.45) is 1.75. The second kappa shape index (κ2) is 4.57. The zero-order valence-corrected chi connectivity index (χ0v) is 10.6. The highest BCUT2D eigenvalue weighted by molar-refractivity contribution is 5.33. The zero-order chi connectivity index (χ0) is 12.4. The first kappa shape index (κ1) is 11.6. The van der Waals surface area contributed by atoms with Crippen LogP contribution in [0.25, 0.3) is 0 Å². The van der Waals surface area contributed by atoms with Crippen LogP contribution in [-0.2, 0) is 0 Å². The van der Waals surface area contributed by atoms with Crippen molar-refractivity contribution in [2.45, 2.75) is 33.7 Å². The van der Waals surface area contributed by atoms with Crippen molar-refractivity contribution in [1.29, 1.82) is 0 Å². The van der Waals surface area contributed by atoms with Crippen molar-refractivity contribution in [2.24, 2.45) is 0 Å². The van der Waals surface area contributed by atoms with Crippen molar-refractivity contribution < 1.29 is 4.42 Å². The summed E-state index contributed by atoms with van der Waals surface area (Å²) >= 11 is 0. The van der Waals surface area contributed by atoms with Crippen molar-refractivity contribution >= 4 is 5.95 Å². The quantitative estimate of drug-likeness (QED) is 0.881. The molecule has 0 amide bonds. The third-order valence-electron chi connectivity index (χ3n) is 2.69. The lowest BCUT2D eigenvalue weighted by Crippen LogP contribution is -2.09. The summed E-state index contributed by atoms with van der Waals surface area (Å²) in [6.45, 7) is 7.94. The van der Waals surface area contributed by atoms with Gasteiger partial charge in [-0.05, 0) is 39.8 Å². The van der Waals surface area contributed by atoms with Crippen molar-refractivity contribution in [3.8, 4) is 0 Å². The van der Waals surface area contributed by atoms with Gasteiger partial charge in [0, 0.05) is 17.5 Å². The number of aryl methyl sites for hydroxylation is 3. The molecule has 4 nitrogen and oxygen atoms in total. The van der Waals surface area contributed by atoms with Crippen LogP contribution in [0, 0.1) is 20.8 Å². The van der Waals surface area contributed by atoms with Gasteiger partial charge in [-0.3, -0.25) is 0 Å². The smallest absolute Gasteiger partial charge is 0.223 e. The molecular formula is C13H17N3O. The largest absolute Gasteiger partial charge is 0.466 e. The second-order valence-corrected chi connectivity index (χ2v) is 4.26. The number of hydrogen-bond acceptors (Lipinski definition) is 4. The summed E-state index contributed by atoms with van der Waals surface area (Å²) in [4.78, 5) is 8.51. The highest BCUT2D eigenvalue weighted by atomic mass is 16.3. The normalized spacial score (nSPS) is 12.5. The van der Waals surface area contributed by atoms with E-state index in [1.165, 1.54) is 0 Å². The molecule has 0 saturated heterocycles. The molecule has 0 aliphatic rings. The molecule has 1 unspecified atom stereocenters. The minimum absolute atomic E-state index is 0.134. The molecule has 0 radical (unpaired) electrons. The van der Waals surface area contributed by atoms with Crippen LogP contribution in [0.4, 0.5) is 5.95 Å². The zero-order valence-electron chi connectivity index (χ0n) is 10.6. The Balaban J connectivity index is 2.16. The summed E-state index contributed by atoms with van der Waals surface area (Å²) in [7, 11) is 0. The Morgan fingerprint density at radius 1 is 1.29 bits per heavy atom. The Bertz CT molecular complexity index is 519. The standard InChI is InChI=1S/C13H17N3O/c1-8-5-6-14-13(15-8)16-10(3)12-7-9(2)17-11(12)4/h5-7,10H,1-4H3,(H,14,15,16). The predicted octanol–water partition coefficient (Wildman–Crippen LogP) is 3.17. The maximum absolute atomic E-state index is 5.52. The van der Waals surface area contributed by atoms with Crippen molar-refractivity contribution in [1.82, 2.24) is 9.97 Å². The van der Waals surface area contributed by atoms with Gasteiger partial charge in [0.05, 0.1) is 6.04 Å². The molecule has 1 N–H and O–H groups in total. The van der Waals surface area contributed by atoms with E-state index in [0.29, 0.717) is 5.95 Å². The number of rotatable bonds is 3. The molecule has 4 heteroatoms. The fraction of sp³-hybridized carbons (Fsp3) is 0.385. The molecule has 2 aromatic heterocycles. The van der Waals surface area contributed by atoms with Crippen LogP contribution in [0.15, 0.2) is 22.7 Å². The Kier molecular flexibility index (Phi) is 3.13. The van der Waals surface area contributed by atoms with Gasteiger partial charge in [0.1, 0.15) is 11.5 Å². The molecular weight excluding hydrogens is 214 g/mol. The van der Waals surface area contributed by atoms with Crippen LogP contribution < -0.4 is 5.32 Å². The predicted molar refractivity (Wildman–Crippen MR) is 67.0 cm³/mol. The van der Waals surface area contributed by atoms with E-state index < -0.39 is 0 Å². The SMILES string of the molecule is Cc1ccnc(NC(C)c2cc(C)oc2C)n1. The number of nitrogens with one attached hydrogen (secondary N) is 1. The third-order valence-corrected chi connectivity index (χ3v) is 2.69. The van der Waals surface area contributed by atoms with E-state index >= 15 is 0 Å². The number of hydrogen-bond donors (Lipinski definition) is 1. The Labute approximate surface area is 101 Å². The lowest BCUT2D eigenvalue weighted by atomic mass is 10.1. The molecule has 0 aromatic carbocycles. The third kappa shape index (κ3) is 2.64. The van der Waals surface area contributed by atoms with Gasteiger partial charge in [0.15, 0.2) is 0 Å². The van der Waals surface area contributed by atoms with E-state index in [9.17, 15) is 0 Å². The monoisotopic (exact) mass is 231 g/mol. The molecule has 2 rings (SSSR count). The van der Waals surface area contributed by atoms with Crippen LogP contribution >= 0.6 is 0 Å². The lowest BCUT2D eigenvalue weighted by Gasteiger charge is -2.12. The van der Waals surface area contributed by atoms with Crippen LogP contribution in [0.1, 0.15) is 35.7 Å². The van der Waals surface area contributed by atoms with Crippen LogP contribution in [0.5, 0.6) is 0 Å². The van der Waals surface area contributed by atoms with Crippen LogP contribution in [0.2, 0.25) is 0 Å². The molecule has 90 valence electrons. The van der Waals surface area contributed by atoms with Gasteiger partial charge in [0.2, 0.25) is 5.95 Å². The average Bonchev–Trinajstić information content (AvgIpc) is 2.58. The Hall–Kier alpha value is -1.84. The fourth-order valence-electron chi connectivity index (χ4n) is 1.87. The van der Waals surface area contributed by atoms with E-state index in [-0.39, 0.29) is 6.04 Å². The molecule has 0 fully saturated rings. The molecule has 17 heavy (non-hydrogen) atoms. The second-order valence-electron chi connectivity index (χ2n) is 4.26.